The summed E-state index contributed by atoms with van der Waals surface area (Å²) in [6.45, 7) is 4.74. The maximum Gasteiger partial charge on any atom is 0.131 e. The summed E-state index contributed by atoms with van der Waals surface area (Å²) < 4.78 is 11.5. The maximum absolute atomic E-state index is 5.89. The maximum atomic E-state index is 5.89. The third kappa shape index (κ3) is 1.51. The van der Waals surface area contributed by atoms with Gasteiger partial charge in [0.15, 0.2) is 0 Å². The molecular formula is C14H14O2. The van der Waals surface area contributed by atoms with Crippen LogP contribution in [-0.4, -0.2) is 12.2 Å². The number of rotatable bonds is 0. The van der Waals surface area contributed by atoms with Crippen molar-refractivity contribution < 1.29 is 9.47 Å². The van der Waals surface area contributed by atoms with Crippen molar-refractivity contribution in [1.82, 2.24) is 0 Å². The highest BCUT2D eigenvalue weighted by molar-refractivity contribution is 5.70. The highest BCUT2D eigenvalue weighted by atomic mass is 16.5. The second kappa shape index (κ2) is 3.14. The van der Waals surface area contributed by atoms with Crippen LogP contribution in [0.4, 0.5) is 0 Å². The first-order valence-electron chi connectivity index (χ1n) is 5.50. The summed E-state index contributed by atoms with van der Waals surface area (Å²) in [6, 6.07) is 4.09. The van der Waals surface area contributed by atoms with Gasteiger partial charge in [0, 0.05) is 17.2 Å². The minimum atomic E-state index is -0.230. The Bertz CT molecular complexity index is 496. The number of ether oxygens (including phenoxy) is 2. The molecule has 1 aromatic rings. The predicted octanol–water partition coefficient (Wildman–Crippen LogP) is 3.28. The van der Waals surface area contributed by atoms with E-state index in [0.29, 0.717) is 6.61 Å². The van der Waals surface area contributed by atoms with Crippen molar-refractivity contribution in [3.05, 3.63) is 35.4 Å². The predicted molar refractivity (Wildman–Crippen MR) is 64.7 cm³/mol. The average Bonchev–Trinajstić information content (AvgIpc) is 2.25. The van der Waals surface area contributed by atoms with Gasteiger partial charge in [-0.25, -0.2) is 0 Å². The molecule has 0 spiro atoms. The lowest BCUT2D eigenvalue weighted by Crippen LogP contribution is -2.27. The highest BCUT2D eigenvalue weighted by Gasteiger charge is 2.23. The lowest BCUT2D eigenvalue weighted by Gasteiger charge is -2.28. The molecule has 0 unspecified atom stereocenters. The molecule has 0 bridgehead atoms. The van der Waals surface area contributed by atoms with Gasteiger partial charge in [-0.05, 0) is 32.1 Å². The van der Waals surface area contributed by atoms with E-state index >= 15 is 0 Å². The molecule has 2 heteroatoms. The third-order valence-corrected chi connectivity index (χ3v) is 2.81. The number of hydrogen-bond acceptors (Lipinski definition) is 2. The molecule has 3 rings (SSSR count). The normalized spacial score (nSPS) is 19.4. The van der Waals surface area contributed by atoms with E-state index in [1.165, 1.54) is 0 Å². The Morgan fingerprint density at radius 2 is 1.88 bits per heavy atom. The molecule has 0 radical (unpaired) electrons. The van der Waals surface area contributed by atoms with Crippen molar-refractivity contribution >= 4 is 12.2 Å². The van der Waals surface area contributed by atoms with Gasteiger partial charge in [0.25, 0.3) is 0 Å². The van der Waals surface area contributed by atoms with Crippen LogP contribution < -0.4 is 9.47 Å². The Hall–Kier alpha value is -1.70. The van der Waals surface area contributed by atoms with Crippen molar-refractivity contribution in [3.8, 4) is 11.5 Å². The topological polar surface area (TPSA) is 18.5 Å². The summed E-state index contributed by atoms with van der Waals surface area (Å²) in [7, 11) is 0. The fourth-order valence-electron chi connectivity index (χ4n) is 1.99. The molecule has 2 aliphatic rings. The quantitative estimate of drug-likeness (QED) is 0.659. The summed E-state index contributed by atoms with van der Waals surface area (Å²) in [6.07, 6.45) is 8.30. The zero-order valence-corrected chi connectivity index (χ0v) is 9.49. The zero-order chi connectivity index (χ0) is 11.2. The molecule has 2 nitrogen and oxygen atoms in total. The van der Waals surface area contributed by atoms with Crippen LogP contribution in [0.5, 0.6) is 11.5 Å². The van der Waals surface area contributed by atoms with Crippen LogP contribution in [-0.2, 0) is 0 Å². The Kier molecular flexibility index (Phi) is 1.87. The van der Waals surface area contributed by atoms with E-state index in [1.807, 2.05) is 26.0 Å². The molecule has 16 heavy (non-hydrogen) atoms. The Balaban J connectivity index is 2.12. The van der Waals surface area contributed by atoms with E-state index in [2.05, 4.69) is 24.3 Å². The average molecular weight is 214 g/mol. The second-order valence-corrected chi connectivity index (χ2v) is 4.68. The van der Waals surface area contributed by atoms with Gasteiger partial charge in [-0.1, -0.05) is 12.2 Å². The fraction of sp³-hybridized carbons (Fsp3) is 0.286. The number of benzene rings is 1. The Labute approximate surface area is 95.2 Å². The van der Waals surface area contributed by atoms with Gasteiger partial charge >= 0.3 is 0 Å². The zero-order valence-electron chi connectivity index (χ0n) is 9.49. The van der Waals surface area contributed by atoms with Crippen LogP contribution in [0.1, 0.15) is 25.0 Å². The molecule has 2 aliphatic heterocycles. The van der Waals surface area contributed by atoms with Crippen molar-refractivity contribution in [2.24, 2.45) is 0 Å². The highest BCUT2D eigenvalue weighted by Crippen LogP contribution is 2.37. The van der Waals surface area contributed by atoms with Crippen molar-refractivity contribution in [1.29, 1.82) is 0 Å². The van der Waals surface area contributed by atoms with Crippen molar-refractivity contribution in [2.45, 2.75) is 19.4 Å². The van der Waals surface area contributed by atoms with Gasteiger partial charge in [-0.15, -0.1) is 0 Å². The monoisotopic (exact) mass is 214 g/mol. The molecule has 0 saturated heterocycles. The SMILES string of the molecule is CC1(C)C=Cc2cc3c(cc2O1)OCC=C3. The van der Waals surface area contributed by atoms with Crippen LogP contribution in [0.25, 0.3) is 12.2 Å². The first kappa shape index (κ1) is 9.52. The lowest BCUT2D eigenvalue weighted by atomic mass is 9.99. The summed E-state index contributed by atoms with van der Waals surface area (Å²) in [5.41, 5.74) is 2.01. The van der Waals surface area contributed by atoms with E-state index < -0.39 is 0 Å². The first-order chi connectivity index (χ1) is 7.64. The van der Waals surface area contributed by atoms with Gasteiger partial charge in [0.05, 0.1) is 0 Å². The van der Waals surface area contributed by atoms with E-state index in [9.17, 15) is 0 Å². The molecule has 0 aromatic heterocycles. The summed E-state index contributed by atoms with van der Waals surface area (Å²) in [5.74, 6) is 1.81. The van der Waals surface area contributed by atoms with Crippen LogP contribution in [0.2, 0.25) is 0 Å². The van der Waals surface area contributed by atoms with Crippen LogP contribution in [0, 0.1) is 0 Å². The minimum Gasteiger partial charge on any atom is -0.489 e. The van der Waals surface area contributed by atoms with Gasteiger partial charge < -0.3 is 9.47 Å². The molecule has 0 atom stereocenters. The summed E-state index contributed by atoms with van der Waals surface area (Å²) in [4.78, 5) is 0. The standard InChI is InChI=1S/C14H14O2/c1-14(2)6-5-11-8-10-4-3-7-15-12(10)9-13(11)16-14/h3-6,8-9H,7H2,1-2H3. The van der Waals surface area contributed by atoms with E-state index in [-0.39, 0.29) is 5.60 Å². The number of hydrogen-bond donors (Lipinski definition) is 0. The van der Waals surface area contributed by atoms with E-state index in [4.69, 9.17) is 9.47 Å². The molecule has 1 aromatic carbocycles. The van der Waals surface area contributed by atoms with Crippen LogP contribution >= 0.6 is 0 Å². The van der Waals surface area contributed by atoms with Crippen LogP contribution in [0.15, 0.2) is 24.3 Å². The largest absolute Gasteiger partial charge is 0.489 e. The molecule has 0 saturated carbocycles. The van der Waals surface area contributed by atoms with Gasteiger partial charge in [0.2, 0.25) is 0 Å². The van der Waals surface area contributed by atoms with Gasteiger partial charge in [-0.3, -0.25) is 0 Å². The molecule has 82 valence electrons. The van der Waals surface area contributed by atoms with Crippen molar-refractivity contribution in [2.75, 3.05) is 6.61 Å². The lowest BCUT2D eigenvalue weighted by molar-refractivity contribution is 0.158. The molecular weight excluding hydrogens is 200 g/mol. The summed E-state index contributed by atoms with van der Waals surface area (Å²) in [5, 5.41) is 0. The molecule has 0 amide bonds. The second-order valence-electron chi connectivity index (χ2n) is 4.68. The summed E-state index contributed by atoms with van der Waals surface area (Å²) >= 11 is 0. The molecule has 2 heterocycles. The van der Waals surface area contributed by atoms with Crippen LogP contribution in [0.3, 0.4) is 0 Å². The Morgan fingerprint density at radius 3 is 2.75 bits per heavy atom. The smallest absolute Gasteiger partial charge is 0.131 e. The Morgan fingerprint density at radius 1 is 1.06 bits per heavy atom. The van der Waals surface area contributed by atoms with E-state index in [1.54, 1.807) is 0 Å². The first-order valence-corrected chi connectivity index (χ1v) is 5.50. The van der Waals surface area contributed by atoms with E-state index in [0.717, 1.165) is 22.6 Å². The third-order valence-electron chi connectivity index (χ3n) is 2.81. The molecule has 0 N–H and O–H groups in total. The minimum absolute atomic E-state index is 0.230. The van der Waals surface area contributed by atoms with Gasteiger partial charge in [-0.2, -0.15) is 0 Å². The number of fused-ring (bicyclic) bond motifs is 2. The van der Waals surface area contributed by atoms with Gasteiger partial charge in [0.1, 0.15) is 23.7 Å². The molecule has 0 fully saturated rings. The van der Waals surface area contributed by atoms with Crippen molar-refractivity contribution in [3.63, 3.8) is 0 Å². The molecule has 0 aliphatic carbocycles. The fourth-order valence-corrected chi connectivity index (χ4v) is 1.99.